The molecule has 0 N–H and O–H groups in total. The number of hydrogen-bond acceptors (Lipinski definition) is 0. The maximum absolute atomic E-state index is 13.6. The molecule has 0 heterocycles. The first kappa shape index (κ1) is 10.8. The molecule has 0 saturated carbocycles. The van der Waals surface area contributed by atoms with Crippen molar-refractivity contribution in [2.75, 3.05) is 0 Å². The third-order valence-corrected chi connectivity index (χ3v) is 2.83. The zero-order valence-electron chi connectivity index (χ0n) is 9.22. The summed E-state index contributed by atoms with van der Waals surface area (Å²) in [4.78, 5) is 0. The average Bonchev–Trinajstić information content (AvgIpc) is 2.23. The van der Waals surface area contributed by atoms with Gasteiger partial charge in [0.2, 0.25) is 0 Å². The molecule has 0 aromatic heterocycles. The van der Waals surface area contributed by atoms with Crippen molar-refractivity contribution in [1.29, 1.82) is 0 Å². The fourth-order valence-electron chi connectivity index (χ4n) is 1.75. The summed E-state index contributed by atoms with van der Waals surface area (Å²) in [6.45, 7) is 3.91. The molecule has 82 valence electrons. The maximum Gasteiger partial charge on any atom is 0.133 e. The van der Waals surface area contributed by atoms with Crippen LogP contribution in [0.15, 0.2) is 36.4 Å². The molecule has 2 aromatic rings. The number of rotatable bonds is 1. The molecule has 0 radical (unpaired) electrons. The van der Waals surface area contributed by atoms with Crippen LogP contribution >= 0.6 is 0 Å². The van der Waals surface area contributed by atoms with Crippen molar-refractivity contribution < 1.29 is 8.78 Å². The van der Waals surface area contributed by atoms with Crippen LogP contribution in [0.25, 0.3) is 11.1 Å². The fraction of sp³-hybridized carbons (Fsp3) is 0.143. The summed E-state index contributed by atoms with van der Waals surface area (Å²) in [5.74, 6) is -1.07. The van der Waals surface area contributed by atoms with Gasteiger partial charge in [-0.15, -0.1) is 0 Å². The van der Waals surface area contributed by atoms with Crippen LogP contribution < -0.4 is 0 Å². The van der Waals surface area contributed by atoms with Crippen LogP contribution in [-0.2, 0) is 0 Å². The van der Waals surface area contributed by atoms with Crippen LogP contribution in [0.5, 0.6) is 0 Å². The first-order chi connectivity index (χ1) is 7.59. The van der Waals surface area contributed by atoms with Crippen molar-refractivity contribution in [3.05, 3.63) is 59.2 Å². The van der Waals surface area contributed by atoms with E-state index in [0.29, 0.717) is 5.56 Å². The molecule has 16 heavy (non-hydrogen) atoms. The Kier molecular flexibility index (Phi) is 2.73. The first-order valence-electron chi connectivity index (χ1n) is 5.11. The Morgan fingerprint density at radius 2 is 1.62 bits per heavy atom. The van der Waals surface area contributed by atoms with E-state index in [9.17, 15) is 8.78 Å². The van der Waals surface area contributed by atoms with E-state index >= 15 is 0 Å². The molecule has 0 aliphatic rings. The lowest BCUT2D eigenvalue weighted by molar-refractivity contribution is 0.585. The lowest BCUT2D eigenvalue weighted by Gasteiger charge is -2.09. The van der Waals surface area contributed by atoms with Gasteiger partial charge in [0.1, 0.15) is 11.6 Å². The van der Waals surface area contributed by atoms with Gasteiger partial charge in [-0.1, -0.05) is 18.2 Å². The molecule has 0 unspecified atom stereocenters. The topological polar surface area (TPSA) is 0 Å². The van der Waals surface area contributed by atoms with Crippen molar-refractivity contribution >= 4 is 0 Å². The van der Waals surface area contributed by atoms with Gasteiger partial charge < -0.3 is 0 Å². The van der Waals surface area contributed by atoms with E-state index < -0.39 is 11.6 Å². The predicted molar refractivity (Wildman–Crippen MR) is 61.3 cm³/mol. The second-order valence-corrected chi connectivity index (χ2v) is 3.87. The number of benzene rings is 2. The minimum Gasteiger partial charge on any atom is -0.207 e. The van der Waals surface area contributed by atoms with Gasteiger partial charge in [0, 0.05) is 11.6 Å². The van der Waals surface area contributed by atoms with Gasteiger partial charge in [-0.3, -0.25) is 0 Å². The summed E-state index contributed by atoms with van der Waals surface area (Å²) >= 11 is 0. The first-order valence-corrected chi connectivity index (χ1v) is 5.11. The average molecular weight is 218 g/mol. The Labute approximate surface area is 93.5 Å². The Morgan fingerprint density at radius 3 is 2.31 bits per heavy atom. The monoisotopic (exact) mass is 218 g/mol. The third-order valence-electron chi connectivity index (χ3n) is 2.83. The molecule has 0 amide bonds. The third kappa shape index (κ3) is 1.83. The van der Waals surface area contributed by atoms with E-state index in [4.69, 9.17) is 0 Å². The van der Waals surface area contributed by atoms with E-state index in [1.165, 1.54) is 12.1 Å². The molecule has 0 aliphatic heterocycles. The molecular weight excluding hydrogens is 206 g/mol. The van der Waals surface area contributed by atoms with Crippen LogP contribution in [0.4, 0.5) is 8.78 Å². The molecule has 2 rings (SSSR count). The number of aryl methyl sites for hydroxylation is 1. The molecule has 0 aliphatic carbocycles. The maximum atomic E-state index is 13.6. The number of halogens is 2. The second-order valence-electron chi connectivity index (χ2n) is 3.87. The van der Waals surface area contributed by atoms with E-state index in [2.05, 4.69) is 0 Å². The SMILES string of the molecule is Cc1cccc(-c2ccc(F)cc2F)c1C. The van der Waals surface area contributed by atoms with Crippen LogP contribution in [-0.4, -0.2) is 0 Å². The van der Waals surface area contributed by atoms with Gasteiger partial charge in [-0.2, -0.15) is 0 Å². The lowest BCUT2D eigenvalue weighted by atomic mass is 9.97. The highest BCUT2D eigenvalue weighted by atomic mass is 19.1. The molecule has 2 aromatic carbocycles. The Morgan fingerprint density at radius 1 is 0.875 bits per heavy atom. The smallest absolute Gasteiger partial charge is 0.133 e. The molecular formula is C14H12F2. The van der Waals surface area contributed by atoms with E-state index in [0.717, 1.165) is 22.8 Å². The van der Waals surface area contributed by atoms with Crippen molar-refractivity contribution in [2.45, 2.75) is 13.8 Å². The molecule has 0 saturated heterocycles. The van der Waals surface area contributed by atoms with E-state index in [-0.39, 0.29) is 0 Å². The second kappa shape index (κ2) is 4.05. The van der Waals surface area contributed by atoms with Gasteiger partial charge in [0.25, 0.3) is 0 Å². The zero-order valence-corrected chi connectivity index (χ0v) is 9.22. The summed E-state index contributed by atoms with van der Waals surface area (Å²) in [5, 5.41) is 0. The predicted octanol–water partition coefficient (Wildman–Crippen LogP) is 4.25. The summed E-state index contributed by atoms with van der Waals surface area (Å²) < 4.78 is 26.4. The van der Waals surface area contributed by atoms with Gasteiger partial charge in [0.15, 0.2) is 0 Å². The van der Waals surface area contributed by atoms with Crippen molar-refractivity contribution in [3.8, 4) is 11.1 Å². The van der Waals surface area contributed by atoms with Crippen molar-refractivity contribution in [2.24, 2.45) is 0 Å². The molecule has 0 nitrogen and oxygen atoms in total. The van der Waals surface area contributed by atoms with Gasteiger partial charge in [-0.25, -0.2) is 8.78 Å². The zero-order chi connectivity index (χ0) is 11.7. The summed E-state index contributed by atoms with van der Waals surface area (Å²) in [6, 6.07) is 9.36. The molecule has 0 spiro atoms. The van der Waals surface area contributed by atoms with Crippen molar-refractivity contribution in [1.82, 2.24) is 0 Å². The van der Waals surface area contributed by atoms with Gasteiger partial charge in [-0.05, 0) is 42.7 Å². The van der Waals surface area contributed by atoms with Gasteiger partial charge in [0.05, 0.1) is 0 Å². The summed E-state index contributed by atoms with van der Waals surface area (Å²) in [5.41, 5.74) is 3.38. The fourth-order valence-corrected chi connectivity index (χ4v) is 1.75. The highest BCUT2D eigenvalue weighted by molar-refractivity contribution is 5.68. The van der Waals surface area contributed by atoms with E-state index in [1.807, 2.05) is 32.0 Å². The lowest BCUT2D eigenvalue weighted by Crippen LogP contribution is -1.91. The summed E-state index contributed by atoms with van der Waals surface area (Å²) in [7, 11) is 0. The normalized spacial score (nSPS) is 10.5. The van der Waals surface area contributed by atoms with Crippen LogP contribution in [0.1, 0.15) is 11.1 Å². The molecule has 0 fully saturated rings. The molecule has 2 heteroatoms. The Hall–Kier alpha value is -1.70. The Bertz CT molecular complexity index is 530. The van der Waals surface area contributed by atoms with E-state index in [1.54, 1.807) is 0 Å². The highest BCUT2D eigenvalue weighted by Gasteiger charge is 2.09. The quantitative estimate of drug-likeness (QED) is 0.671. The minimum atomic E-state index is -0.549. The standard InChI is InChI=1S/C14H12F2/c1-9-4-3-5-12(10(9)2)13-7-6-11(15)8-14(13)16/h3-8H,1-2H3. The highest BCUT2D eigenvalue weighted by Crippen LogP contribution is 2.27. The van der Waals surface area contributed by atoms with Crippen LogP contribution in [0.2, 0.25) is 0 Å². The van der Waals surface area contributed by atoms with Crippen molar-refractivity contribution in [3.63, 3.8) is 0 Å². The van der Waals surface area contributed by atoms with Gasteiger partial charge >= 0.3 is 0 Å². The summed E-state index contributed by atoms with van der Waals surface area (Å²) in [6.07, 6.45) is 0. The minimum absolute atomic E-state index is 0.447. The molecule has 0 atom stereocenters. The number of hydrogen-bond donors (Lipinski definition) is 0. The van der Waals surface area contributed by atoms with Crippen LogP contribution in [0, 0.1) is 25.5 Å². The molecule has 0 bridgehead atoms. The van der Waals surface area contributed by atoms with Crippen LogP contribution in [0.3, 0.4) is 0 Å². The largest absolute Gasteiger partial charge is 0.207 e. The Balaban J connectivity index is 2.63.